The van der Waals surface area contributed by atoms with E-state index in [4.69, 9.17) is 0 Å². The fraction of sp³-hybridized carbons (Fsp3) is 0.250. The van der Waals surface area contributed by atoms with Crippen molar-refractivity contribution in [3.63, 3.8) is 0 Å². The highest BCUT2D eigenvalue weighted by Crippen LogP contribution is 2.30. The number of hydrogen-bond donors (Lipinski definition) is 0. The van der Waals surface area contributed by atoms with Gasteiger partial charge in [0.15, 0.2) is 0 Å². The summed E-state index contributed by atoms with van der Waals surface area (Å²) in [5.41, 5.74) is 1.34. The predicted octanol–water partition coefficient (Wildman–Crippen LogP) is 4.07. The second kappa shape index (κ2) is 4.53. The highest BCUT2D eigenvalue weighted by atomic mass is 79.9. The number of thioether (sulfide) groups is 1. The summed E-state index contributed by atoms with van der Waals surface area (Å²) >= 11 is 8.73. The van der Waals surface area contributed by atoms with Crippen molar-refractivity contribution in [3.8, 4) is 0 Å². The summed E-state index contributed by atoms with van der Waals surface area (Å²) in [7, 11) is 0. The van der Waals surface area contributed by atoms with Crippen LogP contribution in [0.3, 0.4) is 0 Å². The largest absolute Gasteiger partial charge is 0.128 e. The molecule has 0 unspecified atom stereocenters. The van der Waals surface area contributed by atoms with Gasteiger partial charge in [0.2, 0.25) is 0 Å². The highest BCUT2D eigenvalue weighted by Gasteiger charge is 2.02. The number of hydrogen-bond acceptors (Lipinski definition) is 1. The second-order valence-electron chi connectivity index (χ2n) is 2.07. The molecule has 1 aromatic rings. The molecule has 0 saturated heterocycles. The lowest BCUT2D eigenvalue weighted by Crippen LogP contribution is -1.82. The Morgan fingerprint density at radius 3 is 2.64 bits per heavy atom. The Labute approximate surface area is 88.0 Å². The van der Waals surface area contributed by atoms with E-state index in [1.807, 2.05) is 0 Å². The van der Waals surface area contributed by atoms with Crippen molar-refractivity contribution >= 4 is 43.6 Å². The van der Waals surface area contributed by atoms with E-state index in [1.54, 1.807) is 11.8 Å². The van der Waals surface area contributed by atoms with Crippen molar-refractivity contribution < 1.29 is 0 Å². The number of alkyl halides is 1. The summed E-state index contributed by atoms with van der Waals surface area (Å²) in [6.45, 7) is 0. The third-order valence-electron chi connectivity index (χ3n) is 1.40. The predicted molar refractivity (Wildman–Crippen MR) is 58.6 cm³/mol. The molecule has 0 spiro atoms. The van der Waals surface area contributed by atoms with Gasteiger partial charge in [0.1, 0.15) is 0 Å². The minimum atomic E-state index is 0.919. The minimum absolute atomic E-state index is 0.919. The molecule has 0 bridgehead atoms. The molecule has 0 aliphatic carbocycles. The molecule has 0 aliphatic rings. The lowest BCUT2D eigenvalue weighted by Gasteiger charge is -2.05. The molecule has 60 valence electrons. The molecule has 0 fully saturated rings. The molecule has 3 heteroatoms. The van der Waals surface area contributed by atoms with E-state index in [-0.39, 0.29) is 0 Å². The van der Waals surface area contributed by atoms with E-state index >= 15 is 0 Å². The highest BCUT2D eigenvalue weighted by molar-refractivity contribution is 9.10. The van der Waals surface area contributed by atoms with Crippen molar-refractivity contribution in [2.45, 2.75) is 10.2 Å². The van der Waals surface area contributed by atoms with Gasteiger partial charge >= 0.3 is 0 Å². The first kappa shape index (κ1) is 9.62. The van der Waals surface area contributed by atoms with Crippen LogP contribution in [-0.4, -0.2) is 6.26 Å². The molecular weight excluding hydrogens is 288 g/mol. The molecule has 0 radical (unpaired) electrons. The molecule has 1 aromatic carbocycles. The van der Waals surface area contributed by atoms with Crippen LogP contribution in [0.5, 0.6) is 0 Å². The Morgan fingerprint density at radius 2 is 2.18 bits per heavy atom. The van der Waals surface area contributed by atoms with Gasteiger partial charge in [-0.25, -0.2) is 0 Å². The Kier molecular flexibility index (Phi) is 3.96. The quantitative estimate of drug-likeness (QED) is 0.585. The maximum Gasteiger partial charge on any atom is 0.0314 e. The standard InChI is InChI=1S/C8H8Br2S/c1-11-8-6(5-9)3-2-4-7(8)10/h2-4H,5H2,1H3. The van der Waals surface area contributed by atoms with E-state index < -0.39 is 0 Å². The summed E-state index contributed by atoms with van der Waals surface area (Å²) < 4.78 is 1.18. The number of rotatable bonds is 2. The van der Waals surface area contributed by atoms with Gasteiger partial charge in [0.05, 0.1) is 0 Å². The van der Waals surface area contributed by atoms with E-state index in [9.17, 15) is 0 Å². The van der Waals surface area contributed by atoms with Gasteiger partial charge in [-0.3, -0.25) is 0 Å². The zero-order valence-electron chi connectivity index (χ0n) is 6.10. The first-order valence-electron chi connectivity index (χ1n) is 3.17. The molecule has 1 rings (SSSR count). The van der Waals surface area contributed by atoms with Gasteiger partial charge in [-0.2, -0.15) is 0 Å². The summed E-state index contributed by atoms with van der Waals surface area (Å²) in [6.07, 6.45) is 2.09. The zero-order valence-corrected chi connectivity index (χ0v) is 10.1. The van der Waals surface area contributed by atoms with Crippen LogP contribution in [0.2, 0.25) is 0 Å². The third-order valence-corrected chi connectivity index (χ3v) is 3.81. The van der Waals surface area contributed by atoms with Crippen LogP contribution in [0.4, 0.5) is 0 Å². The Morgan fingerprint density at radius 1 is 1.45 bits per heavy atom. The Balaban J connectivity index is 3.13. The first-order chi connectivity index (χ1) is 5.29. The lowest BCUT2D eigenvalue weighted by molar-refractivity contribution is 1.26. The average Bonchev–Trinajstić information content (AvgIpc) is 2.04. The van der Waals surface area contributed by atoms with Crippen LogP contribution in [0.1, 0.15) is 5.56 Å². The van der Waals surface area contributed by atoms with Crippen LogP contribution in [0.25, 0.3) is 0 Å². The molecular formula is C8H8Br2S. The average molecular weight is 296 g/mol. The Hall–Kier alpha value is 0.530. The number of halogens is 2. The van der Waals surface area contributed by atoms with Crippen LogP contribution in [0.15, 0.2) is 27.6 Å². The van der Waals surface area contributed by atoms with Crippen molar-refractivity contribution in [2.24, 2.45) is 0 Å². The number of benzene rings is 1. The fourth-order valence-electron chi connectivity index (χ4n) is 0.887. The topological polar surface area (TPSA) is 0 Å². The second-order valence-corrected chi connectivity index (χ2v) is 4.30. The molecule has 0 N–H and O–H groups in total. The maximum absolute atomic E-state index is 3.51. The monoisotopic (exact) mass is 294 g/mol. The summed E-state index contributed by atoms with van der Waals surface area (Å²) in [5.74, 6) is 0. The van der Waals surface area contributed by atoms with Gasteiger partial charge in [-0.05, 0) is 33.8 Å². The van der Waals surface area contributed by atoms with Gasteiger partial charge in [-0.15, -0.1) is 11.8 Å². The molecule has 0 saturated carbocycles. The van der Waals surface area contributed by atoms with E-state index in [2.05, 4.69) is 56.3 Å². The SMILES string of the molecule is CSc1c(Br)cccc1CBr. The van der Waals surface area contributed by atoms with E-state index in [1.165, 1.54) is 14.9 Å². The smallest absolute Gasteiger partial charge is 0.0314 e. The van der Waals surface area contributed by atoms with Crippen molar-refractivity contribution in [1.29, 1.82) is 0 Å². The van der Waals surface area contributed by atoms with E-state index in [0.717, 1.165) is 5.33 Å². The van der Waals surface area contributed by atoms with Gasteiger partial charge < -0.3 is 0 Å². The van der Waals surface area contributed by atoms with E-state index in [0.29, 0.717) is 0 Å². The zero-order chi connectivity index (χ0) is 8.27. The van der Waals surface area contributed by atoms with Gasteiger partial charge in [0, 0.05) is 14.7 Å². The van der Waals surface area contributed by atoms with Crippen LogP contribution in [0, 0.1) is 0 Å². The van der Waals surface area contributed by atoms with Crippen molar-refractivity contribution in [1.82, 2.24) is 0 Å². The van der Waals surface area contributed by atoms with Crippen LogP contribution >= 0.6 is 43.6 Å². The molecule has 0 nitrogen and oxygen atoms in total. The van der Waals surface area contributed by atoms with Gasteiger partial charge in [0.25, 0.3) is 0 Å². The minimum Gasteiger partial charge on any atom is -0.128 e. The first-order valence-corrected chi connectivity index (χ1v) is 6.31. The summed E-state index contributed by atoms with van der Waals surface area (Å²) in [5, 5.41) is 0.919. The molecule has 0 amide bonds. The van der Waals surface area contributed by atoms with Gasteiger partial charge in [-0.1, -0.05) is 28.1 Å². The van der Waals surface area contributed by atoms with Crippen molar-refractivity contribution in [2.75, 3.05) is 6.26 Å². The fourth-order valence-corrected chi connectivity index (χ4v) is 3.10. The molecule has 0 aromatic heterocycles. The summed E-state index contributed by atoms with van der Waals surface area (Å²) in [6, 6.07) is 6.25. The molecule has 0 heterocycles. The lowest BCUT2D eigenvalue weighted by atomic mass is 10.2. The summed E-state index contributed by atoms with van der Waals surface area (Å²) in [4.78, 5) is 1.32. The van der Waals surface area contributed by atoms with Crippen LogP contribution in [-0.2, 0) is 5.33 Å². The molecule has 0 atom stereocenters. The van der Waals surface area contributed by atoms with Crippen LogP contribution < -0.4 is 0 Å². The van der Waals surface area contributed by atoms with Crippen molar-refractivity contribution in [3.05, 3.63) is 28.2 Å². The Bertz CT molecular complexity index is 248. The normalized spacial score (nSPS) is 10.1. The third kappa shape index (κ3) is 2.23. The molecule has 11 heavy (non-hydrogen) atoms. The molecule has 0 aliphatic heterocycles. The maximum atomic E-state index is 3.51.